The summed E-state index contributed by atoms with van der Waals surface area (Å²) in [4.78, 5) is 29.5. The molecule has 6 heteroatoms. The maximum absolute atomic E-state index is 12.4. The van der Waals surface area contributed by atoms with Gasteiger partial charge in [-0.05, 0) is 18.9 Å². The Morgan fingerprint density at radius 1 is 1.33 bits per heavy atom. The molecular weight excluding hydrogens is 270 g/mol. The Kier molecular flexibility index (Phi) is 4.70. The van der Waals surface area contributed by atoms with Gasteiger partial charge in [-0.25, -0.2) is 10.2 Å². The third-order valence-corrected chi connectivity index (χ3v) is 2.93. The van der Waals surface area contributed by atoms with Gasteiger partial charge in [-0.15, -0.1) is 0 Å². The van der Waals surface area contributed by atoms with E-state index in [1.54, 1.807) is 31.2 Å². The van der Waals surface area contributed by atoms with Crippen molar-refractivity contribution in [1.29, 1.82) is 0 Å². The molecule has 0 spiro atoms. The molecule has 1 aromatic carbocycles. The van der Waals surface area contributed by atoms with Crippen molar-refractivity contribution in [1.82, 2.24) is 15.3 Å². The summed E-state index contributed by atoms with van der Waals surface area (Å²) < 4.78 is 1.34. The number of carbonyl (C=O) groups excluding carboxylic acids is 1. The van der Waals surface area contributed by atoms with Gasteiger partial charge in [-0.3, -0.25) is 14.4 Å². The van der Waals surface area contributed by atoms with Crippen molar-refractivity contribution in [2.45, 2.75) is 27.3 Å². The molecule has 2 aromatic rings. The number of hydroxylamine groups is 1. The molecule has 0 saturated heterocycles. The molecule has 1 aromatic heterocycles. The van der Waals surface area contributed by atoms with Gasteiger partial charge in [-0.1, -0.05) is 32.0 Å². The zero-order valence-corrected chi connectivity index (χ0v) is 12.4. The third kappa shape index (κ3) is 3.28. The summed E-state index contributed by atoms with van der Waals surface area (Å²) in [7, 11) is 0. The molecule has 0 aliphatic carbocycles. The number of fused-ring (bicyclic) bond motifs is 1. The van der Waals surface area contributed by atoms with Gasteiger partial charge in [0.25, 0.3) is 11.5 Å². The maximum atomic E-state index is 12.4. The molecule has 0 aliphatic heterocycles. The van der Waals surface area contributed by atoms with E-state index in [2.05, 4.69) is 10.6 Å². The second kappa shape index (κ2) is 6.49. The van der Waals surface area contributed by atoms with Gasteiger partial charge in [0.15, 0.2) is 5.69 Å². The molecule has 1 N–H and O–H groups in total. The van der Waals surface area contributed by atoms with Crippen LogP contribution in [0.3, 0.4) is 0 Å². The summed E-state index contributed by atoms with van der Waals surface area (Å²) in [6.45, 7) is 6.56. The number of nitrogens with zero attached hydrogens (tertiary/aromatic N) is 2. The van der Waals surface area contributed by atoms with E-state index >= 15 is 0 Å². The lowest BCUT2D eigenvalue weighted by Crippen LogP contribution is -2.31. The van der Waals surface area contributed by atoms with Crippen LogP contribution in [0.5, 0.6) is 0 Å². The van der Waals surface area contributed by atoms with Crippen molar-refractivity contribution in [3.8, 4) is 0 Å². The summed E-state index contributed by atoms with van der Waals surface area (Å²) in [5.74, 6) is -0.204. The molecule has 6 nitrogen and oxygen atoms in total. The minimum Gasteiger partial charge on any atom is -0.274 e. The molecule has 0 radical (unpaired) electrons. The fourth-order valence-corrected chi connectivity index (χ4v) is 2.06. The lowest BCUT2D eigenvalue weighted by atomic mass is 10.1. The average molecular weight is 289 g/mol. The van der Waals surface area contributed by atoms with Gasteiger partial charge in [-0.2, -0.15) is 5.10 Å². The number of amides is 1. The second-order valence-electron chi connectivity index (χ2n) is 5.14. The highest BCUT2D eigenvalue weighted by Gasteiger charge is 2.16. The summed E-state index contributed by atoms with van der Waals surface area (Å²) in [5.41, 5.74) is 2.33. The Labute approximate surface area is 122 Å². The second-order valence-corrected chi connectivity index (χ2v) is 5.14. The minimum atomic E-state index is -0.453. The van der Waals surface area contributed by atoms with Crippen molar-refractivity contribution in [2.24, 2.45) is 5.92 Å². The first kappa shape index (κ1) is 15.2. The highest BCUT2D eigenvalue weighted by molar-refractivity contribution is 6.04. The van der Waals surface area contributed by atoms with Crippen LogP contribution in [0.4, 0.5) is 0 Å². The van der Waals surface area contributed by atoms with Gasteiger partial charge in [0, 0.05) is 11.9 Å². The zero-order valence-electron chi connectivity index (χ0n) is 12.4. The number of aromatic nitrogens is 2. The fourth-order valence-electron chi connectivity index (χ4n) is 2.06. The fraction of sp³-hybridized carbons (Fsp3) is 0.400. The number of hydrogen-bond acceptors (Lipinski definition) is 4. The number of carbonyl (C=O) groups is 1. The number of rotatable bonds is 5. The highest BCUT2D eigenvalue weighted by atomic mass is 16.6. The molecule has 21 heavy (non-hydrogen) atoms. The Bertz CT molecular complexity index is 707. The van der Waals surface area contributed by atoms with E-state index in [1.165, 1.54) is 4.68 Å². The van der Waals surface area contributed by atoms with Crippen molar-refractivity contribution in [3.05, 3.63) is 40.3 Å². The quantitative estimate of drug-likeness (QED) is 0.851. The number of hydrogen-bond donors (Lipinski definition) is 1. The van der Waals surface area contributed by atoms with Crippen LogP contribution in [0.1, 0.15) is 31.3 Å². The SMILES string of the molecule is CCONC(=O)c1nn(CC(C)C)c(=O)c2ccccc12. The summed E-state index contributed by atoms with van der Waals surface area (Å²) in [6, 6.07) is 6.96. The Morgan fingerprint density at radius 3 is 2.62 bits per heavy atom. The first-order chi connectivity index (χ1) is 10.0. The number of nitrogens with one attached hydrogen (secondary N) is 1. The van der Waals surface area contributed by atoms with E-state index in [9.17, 15) is 9.59 Å². The van der Waals surface area contributed by atoms with Crippen molar-refractivity contribution >= 4 is 16.7 Å². The standard InChI is InChI=1S/C15H19N3O3/c1-4-21-17-14(19)13-11-7-5-6-8-12(11)15(20)18(16-13)9-10(2)3/h5-8,10H,4,9H2,1-3H3,(H,17,19). The van der Waals surface area contributed by atoms with Gasteiger partial charge >= 0.3 is 0 Å². The lowest BCUT2D eigenvalue weighted by molar-refractivity contribution is 0.0359. The largest absolute Gasteiger partial charge is 0.295 e. The van der Waals surface area contributed by atoms with E-state index in [4.69, 9.17) is 4.84 Å². The van der Waals surface area contributed by atoms with Gasteiger partial charge in [0.1, 0.15) is 0 Å². The normalized spacial score (nSPS) is 11.0. The maximum Gasteiger partial charge on any atom is 0.295 e. The monoisotopic (exact) mass is 289 g/mol. The van der Waals surface area contributed by atoms with E-state index in [0.717, 1.165) is 0 Å². The summed E-state index contributed by atoms with van der Waals surface area (Å²) in [5, 5.41) is 5.21. The molecule has 0 atom stereocenters. The van der Waals surface area contributed by atoms with Crippen LogP contribution in [-0.2, 0) is 11.4 Å². The third-order valence-electron chi connectivity index (χ3n) is 2.93. The first-order valence-electron chi connectivity index (χ1n) is 6.96. The van der Waals surface area contributed by atoms with Crippen LogP contribution in [0.15, 0.2) is 29.1 Å². The minimum absolute atomic E-state index is 0.188. The molecular formula is C15H19N3O3. The van der Waals surface area contributed by atoms with Crippen LogP contribution in [0, 0.1) is 5.92 Å². The van der Waals surface area contributed by atoms with E-state index < -0.39 is 5.91 Å². The van der Waals surface area contributed by atoms with E-state index in [1.807, 2.05) is 13.8 Å². The predicted octanol–water partition coefficient (Wildman–Crippen LogP) is 1.73. The first-order valence-corrected chi connectivity index (χ1v) is 6.96. The van der Waals surface area contributed by atoms with Crippen LogP contribution < -0.4 is 11.0 Å². The van der Waals surface area contributed by atoms with Crippen LogP contribution in [-0.4, -0.2) is 22.3 Å². The van der Waals surface area contributed by atoms with Crippen molar-refractivity contribution < 1.29 is 9.63 Å². The topological polar surface area (TPSA) is 73.2 Å². The van der Waals surface area contributed by atoms with Gasteiger partial charge < -0.3 is 0 Å². The molecule has 0 saturated carbocycles. The molecule has 0 bridgehead atoms. The van der Waals surface area contributed by atoms with Gasteiger partial charge in [0.05, 0.1) is 12.0 Å². The molecule has 1 amide bonds. The van der Waals surface area contributed by atoms with Gasteiger partial charge in [0.2, 0.25) is 0 Å². The highest BCUT2D eigenvalue weighted by Crippen LogP contribution is 2.13. The summed E-state index contributed by atoms with van der Waals surface area (Å²) in [6.07, 6.45) is 0. The average Bonchev–Trinajstić information content (AvgIpc) is 2.47. The Morgan fingerprint density at radius 2 is 2.00 bits per heavy atom. The van der Waals surface area contributed by atoms with Crippen LogP contribution in [0.2, 0.25) is 0 Å². The molecule has 112 valence electrons. The summed E-state index contributed by atoms with van der Waals surface area (Å²) >= 11 is 0. The van der Waals surface area contributed by atoms with E-state index in [-0.39, 0.29) is 17.2 Å². The Balaban J connectivity index is 2.59. The Hall–Kier alpha value is -2.21. The molecule has 0 fully saturated rings. The molecule has 0 unspecified atom stereocenters. The van der Waals surface area contributed by atoms with Crippen molar-refractivity contribution in [3.63, 3.8) is 0 Å². The van der Waals surface area contributed by atoms with Crippen LogP contribution >= 0.6 is 0 Å². The number of benzene rings is 1. The van der Waals surface area contributed by atoms with E-state index in [0.29, 0.717) is 23.9 Å². The lowest BCUT2D eigenvalue weighted by Gasteiger charge is -2.12. The molecule has 1 heterocycles. The molecule has 0 aliphatic rings. The zero-order chi connectivity index (χ0) is 15.4. The molecule has 2 rings (SSSR count). The smallest absolute Gasteiger partial charge is 0.274 e. The predicted molar refractivity (Wildman–Crippen MR) is 79.9 cm³/mol. The van der Waals surface area contributed by atoms with Crippen molar-refractivity contribution in [2.75, 3.05) is 6.61 Å². The van der Waals surface area contributed by atoms with Crippen LogP contribution in [0.25, 0.3) is 10.8 Å².